The molecule has 1 aliphatic carbocycles. The van der Waals surface area contributed by atoms with Crippen molar-refractivity contribution in [3.8, 4) is 5.75 Å². The second-order valence-corrected chi connectivity index (χ2v) is 5.71. The molecule has 3 N–H and O–H groups in total. The topological polar surface area (TPSA) is 64.3 Å². The fraction of sp³-hybridized carbons (Fsp3) is 0.562. The zero-order valence-corrected chi connectivity index (χ0v) is 13.5. The number of ether oxygens (including phenoxy) is 1. The average Bonchev–Trinajstić information content (AvgIpc) is 2.89. The molecule has 0 radical (unpaired) electrons. The van der Waals surface area contributed by atoms with E-state index < -0.39 is 0 Å². The first-order chi connectivity index (χ1) is 9.60. The number of hydrogen-bond donors (Lipinski definition) is 2. The maximum atomic E-state index is 12.2. The second-order valence-electron chi connectivity index (χ2n) is 5.71. The van der Waals surface area contributed by atoms with Gasteiger partial charge in [0.05, 0.1) is 6.10 Å². The highest BCUT2D eigenvalue weighted by molar-refractivity contribution is 5.93. The molecule has 1 aromatic rings. The number of amides is 1. The third-order valence-corrected chi connectivity index (χ3v) is 3.79. The Balaban J connectivity index is 0.00000220. The maximum absolute atomic E-state index is 12.2. The van der Waals surface area contributed by atoms with Crippen LogP contribution in [-0.4, -0.2) is 18.6 Å². The van der Waals surface area contributed by atoms with Gasteiger partial charge >= 0.3 is 0 Å². The van der Waals surface area contributed by atoms with Gasteiger partial charge in [-0.25, -0.2) is 0 Å². The number of carbonyl (C=O) groups excluding carboxylic acids is 1. The summed E-state index contributed by atoms with van der Waals surface area (Å²) in [5.74, 6) is 1.30. The third-order valence-electron chi connectivity index (χ3n) is 3.79. The van der Waals surface area contributed by atoms with E-state index in [1.807, 2.05) is 38.1 Å². The van der Waals surface area contributed by atoms with Crippen LogP contribution in [0.3, 0.4) is 0 Å². The minimum absolute atomic E-state index is 0. The zero-order chi connectivity index (χ0) is 14.5. The first kappa shape index (κ1) is 17.8. The van der Waals surface area contributed by atoms with Crippen LogP contribution in [0.15, 0.2) is 24.3 Å². The van der Waals surface area contributed by atoms with E-state index in [1.165, 1.54) is 0 Å². The van der Waals surface area contributed by atoms with Gasteiger partial charge in [0, 0.05) is 11.6 Å². The molecule has 0 aromatic heterocycles. The first-order valence-electron chi connectivity index (χ1n) is 7.38. The zero-order valence-electron chi connectivity index (χ0n) is 12.7. The van der Waals surface area contributed by atoms with Crippen LogP contribution in [0.5, 0.6) is 5.75 Å². The molecule has 0 spiro atoms. The van der Waals surface area contributed by atoms with Gasteiger partial charge in [0.2, 0.25) is 5.91 Å². The predicted octanol–water partition coefficient (Wildman–Crippen LogP) is 3.21. The van der Waals surface area contributed by atoms with Crippen LogP contribution in [0.25, 0.3) is 0 Å². The van der Waals surface area contributed by atoms with Crippen LogP contribution in [0.4, 0.5) is 5.69 Å². The van der Waals surface area contributed by atoms with E-state index >= 15 is 0 Å². The van der Waals surface area contributed by atoms with Gasteiger partial charge in [-0.05, 0) is 63.4 Å². The number of benzene rings is 1. The summed E-state index contributed by atoms with van der Waals surface area (Å²) in [6.45, 7) is 4.57. The van der Waals surface area contributed by atoms with Crippen LogP contribution in [-0.2, 0) is 4.79 Å². The number of rotatable bonds is 5. The predicted molar refractivity (Wildman–Crippen MR) is 88.0 cm³/mol. The molecule has 1 amide bonds. The van der Waals surface area contributed by atoms with Gasteiger partial charge in [0.25, 0.3) is 0 Å². The van der Waals surface area contributed by atoms with E-state index in [2.05, 4.69) is 5.32 Å². The van der Waals surface area contributed by atoms with Crippen LogP contribution >= 0.6 is 12.4 Å². The van der Waals surface area contributed by atoms with Gasteiger partial charge in [-0.1, -0.05) is 6.42 Å². The number of carbonyl (C=O) groups is 1. The molecule has 1 aliphatic rings. The normalized spacial score (nSPS) is 21.0. The summed E-state index contributed by atoms with van der Waals surface area (Å²) in [7, 11) is 0. The molecule has 2 atom stereocenters. The van der Waals surface area contributed by atoms with Gasteiger partial charge < -0.3 is 15.8 Å². The molecule has 0 unspecified atom stereocenters. The molecule has 1 aromatic carbocycles. The van der Waals surface area contributed by atoms with E-state index in [1.54, 1.807) is 0 Å². The first-order valence-corrected chi connectivity index (χ1v) is 7.38. The molecule has 118 valence electrons. The van der Waals surface area contributed by atoms with Crippen molar-refractivity contribution in [3.05, 3.63) is 24.3 Å². The Bertz CT molecular complexity index is 448. The Morgan fingerprint density at radius 2 is 2.00 bits per heavy atom. The number of nitrogens with one attached hydrogen (secondary N) is 1. The summed E-state index contributed by atoms with van der Waals surface area (Å²) >= 11 is 0. The van der Waals surface area contributed by atoms with Gasteiger partial charge in [0.15, 0.2) is 0 Å². The monoisotopic (exact) mass is 312 g/mol. The fourth-order valence-electron chi connectivity index (χ4n) is 2.79. The summed E-state index contributed by atoms with van der Waals surface area (Å²) in [6.07, 6.45) is 3.26. The van der Waals surface area contributed by atoms with Crippen LogP contribution in [0, 0.1) is 11.8 Å². The van der Waals surface area contributed by atoms with Crippen molar-refractivity contribution in [3.63, 3.8) is 0 Å². The van der Waals surface area contributed by atoms with Gasteiger partial charge in [-0.3, -0.25) is 4.79 Å². The van der Waals surface area contributed by atoms with E-state index in [0.29, 0.717) is 12.5 Å². The van der Waals surface area contributed by atoms with Crippen LogP contribution < -0.4 is 15.8 Å². The van der Waals surface area contributed by atoms with E-state index in [0.717, 1.165) is 30.7 Å². The van der Waals surface area contributed by atoms with Crippen LogP contribution in [0.2, 0.25) is 0 Å². The van der Waals surface area contributed by atoms with Crippen molar-refractivity contribution >= 4 is 24.0 Å². The SMILES string of the molecule is CC(C)Oc1ccc(NC(=O)[C@@H]2CCC[C@@H]2CN)cc1.Cl. The highest BCUT2D eigenvalue weighted by Crippen LogP contribution is 2.32. The lowest BCUT2D eigenvalue weighted by atomic mass is 9.95. The Morgan fingerprint density at radius 3 is 2.57 bits per heavy atom. The fourth-order valence-corrected chi connectivity index (χ4v) is 2.79. The number of nitrogens with two attached hydrogens (primary N) is 1. The molecular weight excluding hydrogens is 288 g/mol. The summed E-state index contributed by atoms with van der Waals surface area (Å²) < 4.78 is 5.58. The lowest BCUT2D eigenvalue weighted by Crippen LogP contribution is -2.29. The van der Waals surface area contributed by atoms with E-state index in [-0.39, 0.29) is 30.3 Å². The number of anilines is 1. The van der Waals surface area contributed by atoms with Gasteiger partial charge in [0.1, 0.15) is 5.75 Å². The van der Waals surface area contributed by atoms with Crippen molar-refractivity contribution in [2.75, 3.05) is 11.9 Å². The molecule has 0 bridgehead atoms. The Labute approximate surface area is 132 Å². The van der Waals surface area contributed by atoms with Crippen molar-refractivity contribution in [2.24, 2.45) is 17.6 Å². The summed E-state index contributed by atoms with van der Waals surface area (Å²) in [4.78, 5) is 12.2. The van der Waals surface area contributed by atoms with Gasteiger partial charge in [-0.15, -0.1) is 12.4 Å². The molecular formula is C16H25ClN2O2. The minimum Gasteiger partial charge on any atom is -0.491 e. The average molecular weight is 313 g/mol. The molecule has 0 aliphatic heterocycles. The molecule has 2 rings (SSSR count). The van der Waals surface area contributed by atoms with Crippen molar-refractivity contribution in [1.29, 1.82) is 0 Å². The lowest BCUT2D eigenvalue weighted by Gasteiger charge is -2.17. The second kappa shape index (κ2) is 8.25. The highest BCUT2D eigenvalue weighted by Gasteiger charge is 2.31. The summed E-state index contributed by atoms with van der Waals surface area (Å²) in [5, 5.41) is 2.98. The maximum Gasteiger partial charge on any atom is 0.227 e. The number of halogens is 1. The minimum atomic E-state index is 0. The van der Waals surface area contributed by atoms with Crippen molar-refractivity contribution < 1.29 is 9.53 Å². The largest absolute Gasteiger partial charge is 0.491 e. The molecule has 1 fully saturated rings. The van der Waals surface area contributed by atoms with Gasteiger partial charge in [-0.2, -0.15) is 0 Å². The van der Waals surface area contributed by atoms with E-state index in [4.69, 9.17) is 10.5 Å². The van der Waals surface area contributed by atoms with E-state index in [9.17, 15) is 4.79 Å². The number of hydrogen-bond acceptors (Lipinski definition) is 3. The third kappa shape index (κ3) is 4.90. The Kier molecular flexibility index (Phi) is 6.99. The Hall–Kier alpha value is -1.26. The molecule has 0 heterocycles. The molecule has 1 saturated carbocycles. The molecule has 4 nitrogen and oxygen atoms in total. The van der Waals surface area contributed by atoms with Crippen LogP contribution in [0.1, 0.15) is 33.1 Å². The highest BCUT2D eigenvalue weighted by atomic mass is 35.5. The molecule has 0 saturated heterocycles. The lowest BCUT2D eigenvalue weighted by molar-refractivity contribution is -0.120. The smallest absolute Gasteiger partial charge is 0.227 e. The van der Waals surface area contributed by atoms with Crippen molar-refractivity contribution in [1.82, 2.24) is 0 Å². The summed E-state index contributed by atoms with van der Waals surface area (Å²) in [6, 6.07) is 7.51. The standard InChI is InChI=1S/C16H24N2O2.ClH/c1-11(2)20-14-8-6-13(7-9-14)18-16(19)15-5-3-4-12(15)10-17;/h6-9,11-12,15H,3-5,10,17H2,1-2H3,(H,18,19);1H/t12-,15-;/m1./s1. The van der Waals surface area contributed by atoms with Crippen molar-refractivity contribution in [2.45, 2.75) is 39.2 Å². The quantitative estimate of drug-likeness (QED) is 0.877. The molecule has 21 heavy (non-hydrogen) atoms. The Morgan fingerprint density at radius 1 is 1.33 bits per heavy atom. The molecule has 5 heteroatoms. The summed E-state index contributed by atoms with van der Waals surface area (Å²) in [5.41, 5.74) is 6.54.